The molecule has 0 saturated heterocycles. The summed E-state index contributed by atoms with van der Waals surface area (Å²) in [5.74, 6) is 0.483. The number of aliphatic hydroxyl groups excluding tert-OH is 1. The maximum Gasteiger partial charge on any atom is 0.199 e. The summed E-state index contributed by atoms with van der Waals surface area (Å²) in [4.78, 5) is 4.03. The van der Waals surface area contributed by atoms with E-state index in [1.165, 1.54) is 0 Å². The average molecular weight is 222 g/mol. The summed E-state index contributed by atoms with van der Waals surface area (Å²) >= 11 is 5.09. The number of rotatable bonds is 2. The molecule has 2 aromatic heterocycles. The lowest BCUT2D eigenvalue weighted by Crippen LogP contribution is -2.03. The number of nitrogens with one attached hydrogen (secondary N) is 1. The third kappa shape index (κ3) is 1.69. The molecular formula is C9H10N4OS. The van der Waals surface area contributed by atoms with Crippen molar-refractivity contribution in [3.8, 4) is 5.69 Å². The fourth-order valence-corrected chi connectivity index (χ4v) is 1.62. The predicted octanol–water partition coefficient (Wildman–Crippen LogP) is 1.13. The zero-order valence-corrected chi connectivity index (χ0v) is 8.95. The Morgan fingerprint density at radius 3 is 3.07 bits per heavy atom. The number of aromatic amines is 1. The standard InChI is InChI=1S/C9H10N4OS/c1-6-2-3-10-4-7(6)13-8(5-14)11-12-9(13)15/h2-4,14H,5H2,1H3,(H,12,15). The molecule has 0 atom stereocenters. The highest BCUT2D eigenvalue weighted by Gasteiger charge is 2.08. The fraction of sp³-hybridized carbons (Fsp3) is 0.222. The van der Waals surface area contributed by atoms with Gasteiger partial charge in [0, 0.05) is 6.20 Å². The first-order chi connectivity index (χ1) is 7.24. The molecule has 0 bridgehead atoms. The fourth-order valence-electron chi connectivity index (χ4n) is 1.37. The van der Waals surface area contributed by atoms with Crippen molar-refractivity contribution in [3.05, 3.63) is 34.6 Å². The Bertz CT molecular complexity index is 531. The third-order valence-corrected chi connectivity index (χ3v) is 2.41. The van der Waals surface area contributed by atoms with Crippen LogP contribution in [0, 0.1) is 11.7 Å². The van der Waals surface area contributed by atoms with Crippen LogP contribution in [0.1, 0.15) is 11.4 Å². The van der Waals surface area contributed by atoms with Crippen molar-refractivity contribution in [2.75, 3.05) is 0 Å². The van der Waals surface area contributed by atoms with Crippen molar-refractivity contribution in [2.24, 2.45) is 0 Å². The van der Waals surface area contributed by atoms with E-state index in [1.807, 2.05) is 13.0 Å². The van der Waals surface area contributed by atoms with Gasteiger partial charge in [-0.1, -0.05) is 0 Å². The Labute approximate surface area is 91.4 Å². The molecule has 0 aliphatic rings. The summed E-state index contributed by atoms with van der Waals surface area (Å²) in [6.45, 7) is 1.79. The predicted molar refractivity (Wildman–Crippen MR) is 57.2 cm³/mol. The lowest BCUT2D eigenvalue weighted by molar-refractivity contribution is 0.268. The van der Waals surface area contributed by atoms with Crippen molar-refractivity contribution >= 4 is 12.2 Å². The van der Waals surface area contributed by atoms with E-state index in [1.54, 1.807) is 17.0 Å². The minimum absolute atomic E-state index is 0.165. The van der Waals surface area contributed by atoms with Gasteiger partial charge in [0.05, 0.1) is 11.9 Å². The van der Waals surface area contributed by atoms with E-state index in [9.17, 15) is 0 Å². The van der Waals surface area contributed by atoms with Gasteiger partial charge in [-0.3, -0.25) is 14.6 Å². The Kier molecular flexibility index (Phi) is 2.61. The van der Waals surface area contributed by atoms with Crippen LogP contribution in [0.5, 0.6) is 0 Å². The topological polar surface area (TPSA) is 66.7 Å². The van der Waals surface area contributed by atoms with Crippen molar-refractivity contribution < 1.29 is 5.11 Å². The smallest absolute Gasteiger partial charge is 0.199 e. The number of aliphatic hydroxyl groups is 1. The molecule has 6 heteroatoms. The number of H-pyrrole nitrogens is 1. The minimum Gasteiger partial charge on any atom is -0.388 e. The van der Waals surface area contributed by atoms with Gasteiger partial charge in [-0.25, -0.2) is 0 Å². The Hall–Kier alpha value is -1.53. The van der Waals surface area contributed by atoms with Gasteiger partial charge >= 0.3 is 0 Å². The second kappa shape index (κ2) is 3.92. The molecule has 0 spiro atoms. The molecule has 0 radical (unpaired) electrons. The van der Waals surface area contributed by atoms with Gasteiger partial charge in [0.15, 0.2) is 10.6 Å². The van der Waals surface area contributed by atoms with Gasteiger partial charge in [0.25, 0.3) is 0 Å². The molecule has 2 rings (SSSR count). The van der Waals surface area contributed by atoms with E-state index < -0.39 is 0 Å². The van der Waals surface area contributed by atoms with Crippen molar-refractivity contribution in [1.29, 1.82) is 0 Å². The molecule has 2 N–H and O–H groups in total. The molecule has 2 heterocycles. The molecule has 15 heavy (non-hydrogen) atoms. The highest BCUT2D eigenvalue weighted by Crippen LogP contribution is 2.14. The number of nitrogens with zero attached hydrogens (tertiary/aromatic N) is 3. The van der Waals surface area contributed by atoms with Crippen LogP contribution in [0.4, 0.5) is 0 Å². The molecule has 0 aromatic carbocycles. The Balaban J connectivity index is 2.68. The highest BCUT2D eigenvalue weighted by atomic mass is 32.1. The lowest BCUT2D eigenvalue weighted by Gasteiger charge is -2.07. The van der Waals surface area contributed by atoms with Crippen LogP contribution in [-0.4, -0.2) is 24.9 Å². The summed E-state index contributed by atoms with van der Waals surface area (Å²) in [6, 6.07) is 1.88. The summed E-state index contributed by atoms with van der Waals surface area (Å²) in [7, 11) is 0. The third-order valence-electron chi connectivity index (χ3n) is 2.14. The molecule has 0 amide bonds. The van der Waals surface area contributed by atoms with Crippen LogP contribution in [0.3, 0.4) is 0 Å². The van der Waals surface area contributed by atoms with E-state index in [0.29, 0.717) is 10.6 Å². The monoisotopic (exact) mass is 222 g/mol. The maximum atomic E-state index is 9.11. The molecule has 0 fully saturated rings. The molecule has 0 aliphatic carbocycles. The number of pyridine rings is 1. The summed E-state index contributed by atoms with van der Waals surface area (Å²) in [6.07, 6.45) is 3.40. The molecule has 0 saturated carbocycles. The lowest BCUT2D eigenvalue weighted by atomic mass is 10.2. The zero-order valence-electron chi connectivity index (χ0n) is 8.14. The van der Waals surface area contributed by atoms with Crippen LogP contribution >= 0.6 is 12.2 Å². The molecule has 0 aliphatic heterocycles. The second-order valence-electron chi connectivity index (χ2n) is 3.10. The first-order valence-electron chi connectivity index (χ1n) is 4.42. The van der Waals surface area contributed by atoms with Gasteiger partial charge < -0.3 is 5.11 Å². The van der Waals surface area contributed by atoms with E-state index in [2.05, 4.69) is 15.2 Å². The van der Waals surface area contributed by atoms with Crippen molar-refractivity contribution in [3.63, 3.8) is 0 Å². The second-order valence-corrected chi connectivity index (χ2v) is 3.49. The minimum atomic E-state index is -0.165. The van der Waals surface area contributed by atoms with Gasteiger partial charge in [-0.15, -0.1) is 0 Å². The first-order valence-corrected chi connectivity index (χ1v) is 4.83. The zero-order chi connectivity index (χ0) is 10.8. The Morgan fingerprint density at radius 2 is 2.40 bits per heavy atom. The molecular weight excluding hydrogens is 212 g/mol. The number of hydrogen-bond acceptors (Lipinski definition) is 4. The highest BCUT2D eigenvalue weighted by molar-refractivity contribution is 7.71. The maximum absolute atomic E-state index is 9.11. The molecule has 2 aromatic rings. The quantitative estimate of drug-likeness (QED) is 0.747. The number of hydrogen-bond donors (Lipinski definition) is 2. The molecule has 0 unspecified atom stereocenters. The van der Waals surface area contributed by atoms with Crippen LogP contribution in [0.15, 0.2) is 18.5 Å². The van der Waals surface area contributed by atoms with E-state index >= 15 is 0 Å². The Morgan fingerprint density at radius 1 is 1.60 bits per heavy atom. The largest absolute Gasteiger partial charge is 0.388 e. The summed E-state index contributed by atoms with van der Waals surface area (Å²) in [5, 5.41) is 15.7. The molecule has 5 nitrogen and oxygen atoms in total. The summed E-state index contributed by atoms with van der Waals surface area (Å²) < 4.78 is 2.13. The van der Waals surface area contributed by atoms with Crippen LogP contribution in [0.25, 0.3) is 5.69 Å². The molecule has 78 valence electrons. The van der Waals surface area contributed by atoms with Gasteiger partial charge in [0.2, 0.25) is 0 Å². The number of aromatic nitrogens is 4. The summed E-state index contributed by atoms with van der Waals surface area (Å²) in [5.41, 5.74) is 1.86. The van der Waals surface area contributed by atoms with Crippen LogP contribution in [-0.2, 0) is 6.61 Å². The first kappa shape index (κ1) is 10.0. The number of aryl methyl sites for hydroxylation is 1. The van der Waals surface area contributed by atoms with Crippen molar-refractivity contribution in [2.45, 2.75) is 13.5 Å². The van der Waals surface area contributed by atoms with Crippen LogP contribution in [0.2, 0.25) is 0 Å². The van der Waals surface area contributed by atoms with Gasteiger partial charge in [-0.2, -0.15) is 5.10 Å². The van der Waals surface area contributed by atoms with Gasteiger partial charge in [-0.05, 0) is 30.8 Å². The normalized spacial score (nSPS) is 10.5. The average Bonchev–Trinajstić information content (AvgIpc) is 2.60. The SMILES string of the molecule is Cc1ccncc1-n1c(CO)n[nH]c1=S. The van der Waals surface area contributed by atoms with E-state index in [-0.39, 0.29) is 6.61 Å². The van der Waals surface area contributed by atoms with Crippen LogP contribution < -0.4 is 0 Å². The van der Waals surface area contributed by atoms with Gasteiger partial charge in [0.1, 0.15) is 6.61 Å². The van der Waals surface area contributed by atoms with E-state index in [0.717, 1.165) is 11.3 Å². The van der Waals surface area contributed by atoms with E-state index in [4.69, 9.17) is 17.3 Å². The van der Waals surface area contributed by atoms with Crippen molar-refractivity contribution in [1.82, 2.24) is 19.7 Å².